The number of benzene rings is 2. The molecule has 0 N–H and O–H groups in total. The van der Waals surface area contributed by atoms with Gasteiger partial charge in [0.25, 0.3) is 5.69 Å². The molecule has 29 heavy (non-hydrogen) atoms. The van der Waals surface area contributed by atoms with Crippen LogP contribution in [0.3, 0.4) is 0 Å². The first-order valence-corrected chi connectivity index (χ1v) is 9.88. The molecule has 6 heteroatoms. The van der Waals surface area contributed by atoms with E-state index in [-0.39, 0.29) is 27.9 Å². The van der Waals surface area contributed by atoms with Crippen molar-refractivity contribution in [3.05, 3.63) is 81.9 Å². The predicted octanol–water partition coefficient (Wildman–Crippen LogP) is 5.39. The van der Waals surface area contributed by atoms with Crippen molar-refractivity contribution < 1.29 is 9.66 Å². The molecule has 2 aromatic rings. The molecule has 1 fully saturated rings. The standard InChI is InChI=1S/C23H23N3O3/c1-21(2)22(15-7-11-17(12-8-15)26(27)28)19-5-4-6-20(19)23(21,25-24-22)16-9-13-18(29-3)14-10-16/h4,6-14,19-20H,5H2,1-3H3/t19-,20+,22-,23+/m0/s1. The molecule has 6 nitrogen and oxygen atoms in total. The van der Waals surface area contributed by atoms with Crippen LogP contribution < -0.4 is 4.74 Å². The molecule has 1 heterocycles. The molecule has 1 aliphatic heterocycles. The van der Waals surface area contributed by atoms with Crippen molar-refractivity contribution in [1.29, 1.82) is 0 Å². The number of hydrogen-bond donors (Lipinski definition) is 0. The summed E-state index contributed by atoms with van der Waals surface area (Å²) in [7, 11) is 1.66. The molecule has 0 amide bonds. The molecule has 0 saturated heterocycles. The number of nitrogens with zero attached hydrogens (tertiary/aromatic N) is 3. The number of ether oxygens (including phenoxy) is 1. The van der Waals surface area contributed by atoms with Gasteiger partial charge in [-0.3, -0.25) is 10.1 Å². The summed E-state index contributed by atoms with van der Waals surface area (Å²) in [4.78, 5) is 10.8. The van der Waals surface area contributed by atoms with E-state index in [1.54, 1.807) is 19.2 Å². The molecule has 1 saturated carbocycles. The lowest BCUT2D eigenvalue weighted by atomic mass is 9.61. The smallest absolute Gasteiger partial charge is 0.269 e. The fourth-order valence-electron chi connectivity index (χ4n) is 6.16. The molecule has 2 aliphatic carbocycles. The van der Waals surface area contributed by atoms with Gasteiger partial charge in [-0.15, -0.1) is 0 Å². The first-order valence-electron chi connectivity index (χ1n) is 9.88. The normalized spacial score (nSPS) is 33.1. The average molecular weight is 389 g/mol. The molecule has 0 radical (unpaired) electrons. The van der Waals surface area contributed by atoms with Crippen LogP contribution in [0.5, 0.6) is 5.75 Å². The third kappa shape index (κ3) is 1.96. The predicted molar refractivity (Wildman–Crippen MR) is 109 cm³/mol. The van der Waals surface area contributed by atoms with Crippen molar-refractivity contribution in [2.75, 3.05) is 7.11 Å². The summed E-state index contributed by atoms with van der Waals surface area (Å²) in [6.45, 7) is 4.48. The highest BCUT2D eigenvalue weighted by Gasteiger charge is 2.77. The Morgan fingerprint density at radius 3 is 2.21 bits per heavy atom. The zero-order valence-corrected chi connectivity index (χ0v) is 16.7. The van der Waals surface area contributed by atoms with Gasteiger partial charge in [-0.25, -0.2) is 0 Å². The Bertz CT molecular complexity index is 1040. The third-order valence-corrected chi connectivity index (χ3v) is 7.51. The second-order valence-corrected chi connectivity index (χ2v) is 8.69. The van der Waals surface area contributed by atoms with Gasteiger partial charge >= 0.3 is 0 Å². The highest BCUT2D eigenvalue weighted by atomic mass is 16.6. The zero-order chi connectivity index (χ0) is 20.4. The Morgan fingerprint density at radius 1 is 1.00 bits per heavy atom. The summed E-state index contributed by atoms with van der Waals surface area (Å²) in [5, 5.41) is 21.0. The summed E-state index contributed by atoms with van der Waals surface area (Å²) in [5.74, 6) is 1.33. The minimum absolute atomic E-state index is 0.0957. The van der Waals surface area contributed by atoms with E-state index < -0.39 is 11.1 Å². The van der Waals surface area contributed by atoms with E-state index in [4.69, 9.17) is 15.0 Å². The quantitative estimate of drug-likeness (QED) is 0.399. The van der Waals surface area contributed by atoms with Gasteiger partial charge in [0, 0.05) is 29.4 Å². The summed E-state index contributed by atoms with van der Waals surface area (Å²) < 4.78 is 5.34. The van der Waals surface area contributed by atoms with E-state index in [0.717, 1.165) is 23.3 Å². The van der Waals surface area contributed by atoms with Crippen LogP contribution >= 0.6 is 0 Å². The minimum atomic E-state index is -0.518. The Balaban J connectivity index is 1.69. The molecular formula is C23H23N3O3. The van der Waals surface area contributed by atoms with Gasteiger partial charge in [0.15, 0.2) is 0 Å². The van der Waals surface area contributed by atoms with Gasteiger partial charge in [-0.1, -0.05) is 38.1 Å². The van der Waals surface area contributed by atoms with Gasteiger partial charge in [-0.05, 0) is 41.8 Å². The number of hydrogen-bond acceptors (Lipinski definition) is 5. The number of azo groups is 1. The highest BCUT2D eigenvalue weighted by Crippen LogP contribution is 2.76. The molecule has 3 aliphatic rings. The van der Waals surface area contributed by atoms with E-state index in [1.807, 2.05) is 24.3 Å². The SMILES string of the molecule is COc1ccc([C@@]23N=N[C@@](c4ccc([N+](=O)[O-])cc4)([C@H]4CC=C[C@H]42)C3(C)C)cc1. The van der Waals surface area contributed by atoms with E-state index in [0.29, 0.717) is 0 Å². The van der Waals surface area contributed by atoms with Crippen molar-refractivity contribution >= 4 is 5.69 Å². The van der Waals surface area contributed by atoms with Crippen molar-refractivity contribution in [2.45, 2.75) is 31.3 Å². The molecule has 2 aromatic carbocycles. The lowest BCUT2D eigenvalue weighted by molar-refractivity contribution is -0.384. The fraction of sp³-hybridized carbons (Fsp3) is 0.391. The summed E-state index contributed by atoms with van der Waals surface area (Å²) in [6.07, 6.45) is 5.46. The second kappa shape index (κ2) is 5.75. The van der Waals surface area contributed by atoms with Crippen molar-refractivity contribution in [3.8, 4) is 5.75 Å². The number of allylic oxidation sites excluding steroid dienone is 1. The maximum Gasteiger partial charge on any atom is 0.269 e. The minimum Gasteiger partial charge on any atom is -0.497 e. The van der Waals surface area contributed by atoms with Crippen molar-refractivity contribution in [1.82, 2.24) is 0 Å². The highest BCUT2D eigenvalue weighted by molar-refractivity contribution is 5.49. The molecule has 0 aromatic heterocycles. The topological polar surface area (TPSA) is 77.1 Å². The summed E-state index contributed by atoms with van der Waals surface area (Å²) in [5.41, 5.74) is 0.941. The van der Waals surface area contributed by atoms with E-state index in [1.165, 1.54) is 0 Å². The van der Waals surface area contributed by atoms with E-state index in [9.17, 15) is 10.1 Å². The van der Waals surface area contributed by atoms with Crippen LogP contribution in [-0.2, 0) is 11.1 Å². The number of methoxy groups -OCH3 is 1. The largest absolute Gasteiger partial charge is 0.497 e. The number of fused-ring (bicyclic) bond motifs is 5. The Hall–Kier alpha value is -3.02. The van der Waals surface area contributed by atoms with E-state index >= 15 is 0 Å². The molecular weight excluding hydrogens is 366 g/mol. The Morgan fingerprint density at radius 2 is 1.59 bits per heavy atom. The van der Waals surface area contributed by atoms with Crippen LogP contribution in [0.1, 0.15) is 31.4 Å². The first kappa shape index (κ1) is 18.0. The van der Waals surface area contributed by atoms with Crippen LogP contribution in [0.2, 0.25) is 0 Å². The van der Waals surface area contributed by atoms with Crippen LogP contribution in [0.15, 0.2) is 70.9 Å². The zero-order valence-electron chi connectivity index (χ0n) is 16.7. The Kier molecular flexibility index (Phi) is 3.58. The first-order chi connectivity index (χ1) is 13.9. The van der Waals surface area contributed by atoms with Gasteiger partial charge in [0.2, 0.25) is 0 Å². The third-order valence-electron chi connectivity index (χ3n) is 7.51. The molecule has 148 valence electrons. The van der Waals surface area contributed by atoms with Crippen LogP contribution in [-0.4, -0.2) is 12.0 Å². The molecule has 2 bridgehead atoms. The van der Waals surface area contributed by atoms with Crippen molar-refractivity contribution in [2.24, 2.45) is 27.5 Å². The maximum atomic E-state index is 11.1. The lowest BCUT2D eigenvalue weighted by Gasteiger charge is -2.41. The maximum absolute atomic E-state index is 11.1. The van der Waals surface area contributed by atoms with Crippen LogP contribution in [0.4, 0.5) is 5.69 Å². The fourth-order valence-corrected chi connectivity index (χ4v) is 6.16. The number of non-ortho nitro benzene ring substituents is 1. The monoisotopic (exact) mass is 389 g/mol. The summed E-state index contributed by atoms with van der Waals surface area (Å²) in [6, 6.07) is 15.0. The van der Waals surface area contributed by atoms with Crippen LogP contribution in [0, 0.1) is 27.4 Å². The van der Waals surface area contributed by atoms with Crippen molar-refractivity contribution in [3.63, 3.8) is 0 Å². The van der Waals surface area contributed by atoms with Gasteiger partial charge in [-0.2, -0.15) is 10.2 Å². The van der Waals surface area contributed by atoms with Crippen LogP contribution in [0.25, 0.3) is 0 Å². The number of nitro benzene ring substituents is 1. The molecule has 0 spiro atoms. The summed E-state index contributed by atoms with van der Waals surface area (Å²) >= 11 is 0. The molecule has 0 unspecified atom stereocenters. The lowest BCUT2D eigenvalue weighted by Crippen LogP contribution is -2.44. The number of nitro groups is 1. The second-order valence-electron chi connectivity index (χ2n) is 8.69. The average Bonchev–Trinajstić information content (AvgIpc) is 3.35. The molecule has 5 rings (SSSR count). The number of rotatable bonds is 4. The van der Waals surface area contributed by atoms with Gasteiger partial charge in [0.1, 0.15) is 16.8 Å². The Labute approximate surface area is 169 Å². The van der Waals surface area contributed by atoms with E-state index in [2.05, 4.69) is 38.1 Å². The van der Waals surface area contributed by atoms with Gasteiger partial charge < -0.3 is 4.74 Å². The molecule has 4 atom stereocenters. The van der Waals surface area contributed by atoms with Gasteiger partial charge in [0.05, 0.1) is 12.0 Å².